The number of anilines is 1. The number of aliphatic hydroxyl groups is 1. The first-order chi connectivity index (χ1) is 11.2. The van der Waals surface area contributed by atoms with Crippen molar-refractivity contribution in [3.05, 3.63) is 21.5 Å². The van der Waals surface area contributed by atoms with Gasteiger partial charge in [-0.2, -0.15) is 5.26 Å². The van der Waals surface area contributed by atoms with Gasteiger partial charge in [-0.05, 0) is 42.5 Å². The maximum atomic E-state index is 13.0. The summed E-state index contributed by atoms with van der Waals surface area (Å²) in [6.45, 7) is 3.48. The Kier molecular flexibility index (Phi) is 3.15. The molecule has 24 heavy (non-hydrogen) atoms. The number of rotatable bonds is 1. The van der Waals surface area contributed by atoms with Gasteiger partial charge >= 0.3 is 0 Å². The van der Waals surface area contributed by atoms with Crippen LogP contribution in [0.1, 0.15) is 26.0 Å². The highest BCUT2D eigenvalue weighted by molar-refractivity contribution is 14.1. The molecule has 0 saturated carbocycles. The Bertz CT molecular complexity index is 837. The molecule has 0 aromatic carbocycles. The summed E-state index contributed by atoms with van der Waals surface area (Å²) in [5.74, 6) is -2.01. The second-order valence-corrected chi connectivity index (χ2v) is 8.08. The number of imide groups is 1. The van der Waals surface area contributed by atoms with E-state index in [0.29, 0.717) is 15.7 Å². The van der Waals surface area contributed by atoms with Crippen molar-refractivity contribution >= 4 is 40.1 Å². The quantitative estimate of drug-likeness (QED) is 0.517. The molecule has 8 heteroatoms. The van der Waals surface area contributed by atoms with Gasteiger partial charge in [0.1, 0.15) is 11.7 Å². The number of pyridine rings is 1. The van der Waals surface area contributed by atoms with Gasteiger partial charge in [-0.3, -0.25) is 9.59 Å². The van der Waals surface area contributed by atoms with Crippen LogP contribution in [0.15, 0.2) is 12.3 Å². The lowest BCUT2D eigenvalue weighted by Crippen LogP contribution is -2.49. The van der Waals surface area contributed by atoms with E-state index >= 15 is 0 Å². The molecule has 3 aliphatic heterocycles. The highest BCUT2D eigenvalue weighted by Crippen LogP contribution is 2.60. The minimum absolute atomic E-state index is 0.247. The van der Waals surface area contributed by atoms with E-state index in [4.69, 9.17) is 10.00 Å². The molecular formula is C16H14IN3O4. The Hall–Kier alpha value is -1.57. The molecule has 3 aliphatic rings. The number of nitriles is 1. The lowest BCUT2D eigenvalue weighted by molar-refractivity contribution is -0.132. The molecule has 5 atom stereocenters. The minimum atomic E-state index is -1.05. The predicted molar refractivity (Wildman–Crippen MR) is 89.7 cm³/mol. The Labute approximate surface area is 151 Å². The molecule has 2 unspecified atom stereocenters. The molecule has 3 fully saturated rings. The number of fused-ring (bicyclic) bond motifs is 5. The van der Waals surface area contributed by atoms with Crippen LogP contribution in [-0.2, 0) is 14.3 Å². The van der Waals surface area contributed by atoms with E-state index in [1.807, 2.05) is 28.7 Å². The minimum Gasteiger partial charge on any atom is -0.390 e. The van der Waals surface area contributed by atoms with Crippen molar-refractivity contribution in [1.29, 1.82) is 5.26 Å². The Morgan fingerprint density at radius 3 is 2.71 bits per heavy atom. The summed E-state index contributed by atoms with van der Waals surface area (Å²) in [6, 6.07) is 3.56. The van der Waals surface area contributed by atoms with Crippen molar-refractivity contribution in [3.8, 4) is 6.07 Å². The van der Waals surface area contributed by atoms with Crippen LogP contribution in [0.2, 0.25) is 0 Å². The largest absolute Gasteiger partial charge is 0.390 e. The van der Waals surface area contributed by atoms with Gasteiger partial charge in [0.15, 0.2) is 5.69 Å². The molecule has 3 saturated heterocycles. The summed E-state index contributed by atoms with van der Waals surface area (Å²) in [4.78, 5) is 31.1. The van der Waals surface area contributed by atoms with Crippen molar-refractivity contribution in [2.45, 2.75) is 37.6 Å². The van der Waals surface area contributed by atoms with Gasteiger partial charge in [0.2, 0.25) is 11.8 Å². The van der Waals surface area contributed by atoms with Crippen LogP contribution in [0.25, 0.3) is 0 Å². The molecule has 4 rings (SSSR count). The maximum absolute atomic E-state index is 13.0. The number of carbonyl (C=O) groups excluding carboxylic acids is 2. The summed E-state index contributed by atoms with van der Waals surface area (Å²) >= 11 is 1.95. The predicted octanol–water partition coefficient (Wildman–Crippen LogP) is 0.976. The summed E-state index contributed by atoms with van der Waals surface area (Å²) in [7, 11) is 0. The standard InChI is InChI=1S/C16H14IN3O4/c1-15-4-10(21)16(2,24-15)12-11(15)13(22)20(14(12)23)7-3-8(17)9(5-18)19-6-7/h3,6,10-12,21H,4H2,1-2H3/t10-,11-,12+,15?,16?/m1/s1. The third kappa shape index (κ3) is 1.75. The Morgan fingerprint density at radius 1 is 1.42 bits per heavy atom. The summed E-state index contributed by atoms with van der Waals surface area (Å²) in [5.41, 5.74) is -1.29. The van der Waals surface area contributed by atoms with Crippen LogP contribution in [0.3, 0.4) is 0 Å². The first-order valence-electron chi connectivity index (χ1n) is 7.54. The number of amides is 2. The molecule has 1 aromatic rings. The third-order valence-electron chi connectivity index (χ3n) is 5.49. The van der Waals surface area contributed by atoms with E-state index in [0.717, 1.165) is 4.90 Å². The first kappa shape index (κ1) is 15.9. The first-order valence-corrected chi connectivity index (χ1v) is 8.62. The second-order valence-electron chi connectivity index (χ2n) is 6.92. The van der Waals surface area contributed by atoms with Crippen LogP contribution in [0.5, 0.6) is 0 Å². The normalized spacial score (nSPS) is 40.1. The molecule has 1 N–H and O–H groups in total. The van der Waals surface area contributed by atoms with Crippen LogP contribution in [0.4, 0.5) is 5.69 Å². The Balaban J connectivity index is 1.79. The number of nitrogens with zero attached hydrogens (tertiary/aromatic N) is 3. The highest BCUT2D eigenvalue weighted by Gasteiger charge is 2.75. The summed E-state index contributed by atoms with van der Waals surface area (Å²) < 4.78 is 6.50. The van der Waals surface area contributed by atoms with Crippen LogP contribution >= 0.6 is 22.6 Å². The van der Waals surface area contributed by atoms with Gasteiger partial charge in [-0.1, -0.05) is 0 Å². The van der Waals surface area contributed by atoms with E-state index in [1.54, 1.807) is 19.9 Å². The lowest BCUT2D eigenvalue weighted by Gasteiger charge is -2.31. The van der Waals surface area contributed by atoms with Gasteiger partial charge in [-0.25, -0.2) is 9.88 Å². The number of aliphatic hydroxyl groups excluding tert-OH is 1. The zero-order valence-corrected chi connectivity index (χ0v) is 15.1. The summed E-state index contributed by atoms with van der Waals surface area (Å²) in [6.07, 6.45) is 0.918. The second kappa shape index (κ2) is 4.74. The summed E-state index contributed by atoms with van der Waals surface area (Å²) in [5, 5.41) is 19.3. The van der Waals surface area contributed by atoms with Crippen molar-refractivity contribution < 1.29 is 19.4 Å². The van der Waals surface area contributed by atoms with E-state index in [2.05, 4.69) is 4.98 Å². The number of aromatic nitrogens is 1. The Morgan fingerprint density at radius 2 is 2.08 bits per heavy atom. The molecule has 2 bridgehead atoms. The van der Waals surface area contributed by atoms with Gasteiger partial charge in [0.05, 0.1) is 39.0 Å². The van der Waals surface area contributed by atoms with Crippen LogP contribution in [-0.4, -0.2) is 39.2 Å². The maximum Gasteiger partial charge on any atom is 0.240 e. The fourth-order valence-corrected chi connectivity index (χ4v) is 4.99. The molecular weight excluding hydrogens is 425 g/mol. The zero-order valence-electron chi connectivity index (χ0n) is 13.0. The number of hydrogen-bond acceptors (Lipinski definition) is 6. The van der Waals surface area contributed by atoms with E-state index in [1.165, 1.54) is 6.20 Å². The smallest absolute Gasteiger partial charge is 0.240 e. The SMILES string of the molecule is CC12C[C@@H](O)C(C)(O1)[C@@H]1C(=O)N(c3cnc(C#N)c(I)c3)C(=O)[C@@H]12. The fraction of sp³-hybridized carbons (Fsp3) is 0.500. The number of ether oxygens (including phenoxy) is 1. The topological polar surface area (TPSA) is 104 Å². The van der Waals surface area contributed by atoms with Gasteiger partial charge in [-0.15, -0.1) is 0 Å². The average Bonchev–Trinajstić information content (AvgIpc) is 3.01. The van der Waals surface area contributed by atoms with E-state index in [9.17, 15) is 14.7 Å². The van der Waals surface area contributed by atoms with Crippen molar-refractivity contribution in [3.63, 3.8) is 0 Å². The average molecular weight is 439 g/mol. The fourth-order valence-electron chi connectivity index (χ4n) is 4.41. The van der Waals surface area contributed by atoms with Crippen molar-refractivity contribution in [1.82, 2.24) is 4.98 Å². The van der Waals surface area contributed by atoms with E-state index < -0.39 is 29.1 Å². The van der Waals surface area contributed by atoms with Crippen molar-refractivity contribution in [2.24, 2.45) is 11.8 Å². The van der Waals surface area contributed by atoms with E-state index in [-0.39, 0.29) is 17.5 Å². The molecule has 1 aromatic heterocycles. The van der Waals surface area contributed by atoms with Crippen LogP contribution < -0.4 is 4.90 Å². The van der Waals surface area contributed by atoms with Crippen molar-refractivity contribution in [2.75, 3.05) is 4.90 Å². The molecule has 124 valence electrons. The van der Waals surface area contributed by atoms with Gasteiger partial charge in [0.25, 0.3) is 0 Å². The number of halogens is 1. The number of hydrogen-bond donors (Lipinski definition) is 1. The zero-order chi connectivity index (χ0) is 17.4. The third-order valence-corrected chi connectivity index (χ3v) is 6.31. The molecule has 7 nitrogen and oxygen atoms in total. The lowest BCUT2D eigenvalue weighted by atomic mass is 9.67. The molecule has 0 aliphatic carbocycles. The molecule has 4 heterocycles. The highest BCUT2D eigenvalue weighted by atomic mass is 127. The van der Waals surface area contributed by atoms with Gasteiger partial charge < -0.3 is 9.84 Å². The molecule has 2 amide bonds. The molecule has 0 spiro atoms. The molecule has 0 radical (unpaired) electrons. The van der Waals surface area contributed by atoms with Gasteiger partial charge in [0, 0.05) is 6.42 Å². The monoisotopic (exact) mass is 439 g/mol. The number of carbonyl (C=O) groups is 2. The van der Waals surface area contributed by atoms with Crippen LogP contribution in [0, 0.1) is 26.7 Å².